The van der Waals surface area contributed by atoms with Crippen molar-refractivity contribution in [3.05, 3.63) is 60.4 Å². The zero-order valence-electron chi connectivity index (χ0n) is 11.0. The minimum Gasteiger partial charge on any atom is -0.311 e. The average Bonchev–Trinajstić information content (AvgIpc) is 2.85. The van der Waals surface area contributed by atoms with E-state index in [1.807, 2.05) is 24.3 Å². The molecule has 2 aromatic heterocycles. The van der Waals surface area contributed by atoms with Gasteiger partial charge in [-0.15, -0.1) is 0 Å². The Morgan fingerprint density at radius 2 is 1.84 bits per heavy atom. The maximum Gasteiger partial charge on any atom is 0.144 e. The molecule has 3 nitrogen and oxygen atoms in total. The Kier molecular flexibility index (Phi) is 3.29. The van der Waals surface area contributed by atoms with Gasteiger partial charge in [0, 0.05) is 18.3 Å². The van der Waals surface area contributed by atoms with Crippen LogP contribution in [0.1, 0.15) is 12.6 Å². The number of nitrogens with one attached hydrogen (secondary N) is 1. The van der Waals surface area contributed by atoms with Gasteiger partial charge in [-0.2, -0.15) is 0 Å². The molecule has 96 valence electrons. The molecule has 0 amide bonds. The molecule has 0 aliphatic rings. The summed E-state index contributed by atoms with van der Waals surface area (Å²) in [5.74, 6) is 1.00. The van der Waals surface area contributed by atoms with E-state index in [4.69, 9.17) is 4.98 Å². The van der Waals surface area contributed by atoms with E-state index in [0.29, 0.717) is 0 Å². The van der Waals surface area contributed by atoms with Gasteiger partial charge in [0.25, 0.3) is 0 Å². The van der Waals surface area contributed by atoms with Gasteiger partial charge in [0.2, 0.25) is 0 Å². The normalized spacial score (nSPS) is 11.0. The molecule has 0 radical (unpaired) electrons. The third-order valence-corrected chi connectivity index (χ3v) is 3.20. The van der Waals surface area contributed by atoms with E-state index in [0.717, 1.165) is 30.2 Å². The second-order valence-corrected chi connectivity index (χ2v) is 4.48. The fraction of sp³-hybridized carbons (Fsp3) is 0.188. The van der Waals surface area contributed by atoms with Gasteiger partial charge < -0.3 is 5.32 Å². The number of imidazole rings is 1. The molecule has 19 heavy (non-hydrogen) atoms. The zero-order valence-corrected chi connectivity index (χ0v) is 11.0. The summed E-state index contributed by atoms with van der Waals surface area (Å²) in [7, 11) is 0. The summed E-state index contributed by atoms with van der Waals surface area (Å²) < 4.78 is 2.15. The first-order chi connectivity index (χ1) is 9.40. The number of pyridine rings is 1. The molecular formula is C16H17N3. The highest BCUT2D eigenvalue weighted by molar-refractivity contribution is 5.65. The Bertz CT molecular complexity index is 671. The topological polar surface area (TPSA) is 29.3 Å². The van der Waals surface area contributed by atoms with Gasteiger partial charge in [-0.1, -0.05) is 43.3 Å². The molecule has 3 aromatic rings. The van der Waals surface area contributed by atoms with Crippen molar-refractivity contribution in [1.82, 2.24) is 14.7 Å². The predicted octanol–water partition coefficient (Wildman–Crippen LogP) is 3.11. The van der Waals surface area contributed by atoms with Crippen molar-refractivity contribution in [2.24, 2.45) is 0 Å². The third-order valence-electron chi connectivity index (χ3n) is 3.20. The molecule has 1 N–H and O–H groups in total. The van der Waals surface area contributed by atoms with Gasteiger partial charge in [-0.25, -0.2) is 4.98 Å². The lowest BCUT2D eigenvalue weighted by Crippen LogP contribution is -2.12. The highest BCUT2D eigenvalue weighted by atomic mass is 15.0. The molecule has 0 aliphatic carbocycles. The predicted molar refractivity (Wildman–Crippen MR) is 78.0 cm³/mol. The third kappa shape index (κ3) is 2.25. The summed E-state index contributed by atoms with van der Waals surface area (Å²) in [6, 6.07) is 16.5. The van der Waals surface area contributed by atoms with Crippen molar-refractivity contribution in [1.29, 1.82) is 0 Å². The van der Waals surface area contributed by atoms with Crippen LogP contribution in [-0.4, -0.2) is 15.9 Å². The lowest BCUT2D eigenvalue weighted by atomic mass is 10.2. The van der Waals surface area contributed by atoms with Crippen LogP contribution in [0.25, 0.3) is 16.9 Å². The maximum absolute atomic E-state index is 4.80. The monoisotopic (exact) mass is 251 g/mol. The number of nitrogens with zero attached hydrogens (tertiary/aromatic N) is 2. The van der Waals surface area contributed by atoms with Gasteiger partial charge in [-0.3, -0.25) is 4.40 Å². The smallest absolute Gasteiger partial charge is 0.144 e. The van der Waals surface area contributed by atoms with Gasteiger partial charge >= 0.3 is 0 Å². The fourth-order valence-corrected chi connectivity index (χ4v) is 2.27. The van der Waals surface area contributed by atoms with Crippen LogP contribution in [0.2, 0.25) is 0 Å². The zero-order chi connectivity index (χ0) is 13.1. The van der Waals surface area contributed by atoms with E-state index < -0.39 is 0 Å². The number of hydrogen-bond donors (Lipinski definition) is 1. The van der Waals surface area contributed by atoms with Crippen molar-refractivity contribution in [3.63, 3.8) is 0 Å². The molecule has 0 bridgehead atoms. The SMILES string of the molecule is CCNCc1nc(-c2ccccc2)n2ccccc12. The molecule has 0 saturated heterocycles. The second-order valence-electron chi connectivity index (χ2n) is 4.48. The summed E-state index contributed by atoms with van der Waals surface area (Å²) in [5.41, 5.74) is 3.41. The Morgan fingerprint density at radius 1 is 1.05 bits per heavy atom. The Labute approximate surface area is 112 Å². The average molecular weight is 251 g/mol. The molecule has 0 aliphatic heterocycles. The van der Waals surface area contributed by atoms with Gasteiger partial charge in [0.15, 0.2) is 0 Å². The molecule has 3 rings (SSSR count). The van der Waals surface area contributed by atoms with Crippen LogP contribution >= 0.6 is 0 Å². The van der Waals surface area contributed by atoms with Crippen LogP contribution in [-0.2, 0) is 6.54 Å². The highest BCUT2D eigenvalue weighted by Crippen LogP contribution is 2.22. The van der Waals surface area contributed by atoms with Crippen molar-refractivity contribution in [3.8, 4) is 11.4 Å². The first-order valence-corrected chi connectivity index (χ1v) is 6.62. The molecule has 0 unspecified atom stereocenters. The van der Waals surface area contributed by atoms with Crippen molar-refractivity contribution >= 4 is 5.52 Å². The lowest BCUT2D eigenvalue weighted by molar-refractivity contribution is 0.718. The Balaban J connectivity index is 2.15. The molecule has 0 atom stereocenters. The quantitative estimate of drug-likeness (QED) is 0.772. The Morgan fingerprint density at radius 3 is 2.63 bits per heavy atom. The molecule has 0 spiro atoms. The van der Waals surface area contributed by atoms with Gasteiger partial charge in [0.05, 0.1) is 11.2 Å². The fourth-order valence-electron chi connectivity index (χ4n) is 2.27. The highest BCUT2D eigenvalue weighted by Gasteiger charge is 2.11. The van der Waals surface area contributed by atoms with Crippen LogP contribution in [0.15, 0.2) is 54.7 Å². The number of fused-ring (bicyclic) bond motifs is 1. The summed E-state index contributed by atoms with van der Waals surface area (Å²) in [6.07, 6.45) is 2.07. The van der Waals surface area contributed by atoms with E-state index in [1.54, 1.807) is 0 Å². The maximum atomic E-state index is 4.80. The number of rotatable bonds is 4. The van der Waals surface area contributed by atoms with E-state index in [9.17, 15) is 0 Å². The summed E-state index contributed by atoms with van der Waals surface area (Å²) in [4.78, 5) is 4.80. The Hall–Kier alpha value is -2.13. The van der Waals surface area contributed by atoms with Crippen molar-refractivity contribution in [2.45, 2.75) is 13.5 Å². The number of aromatic nitrogens is 2. The lowest BCUT2D eigenvalue weighted by Gasteiger charge is -2.00. The molecule has 0 fully saturated rings. The van der Waals surface area contributed by atoms with Gasteiger partial charge in [0.1, 0.15) is 5.82 Å². The molecule has 1 aromatic carbocycles. The second kappa shape index (κ2) is 5.24. The first-order valence-electron chi connectivity index (χ1n) is 6.62. The van der Waals surface area contributed by atoms with E-state index in [-0.39, 0.29) is 0 Å². The van der Waals surface area contributed by atoms with Crippen molar-refractivity contribution in [2.75, 3.05) is 6.54 Å². The van der Waals surface area contributed by atoms with E-state index in [2.05, 4.69) is 47.1 Å². The molecular weight excluding hydrogens is 234 g/mol. The largest absolute Gasteiger partial charge is 0.311 e. The van der Waals surface area contributed by atoms with Crippen LogP contribution in [0, 0.1) is 0 Å². The minimum atomic E-state index is 0.802. The molecule has 3 heteroatoms. The standard InChI is InChI=1S/C16H17N3/c1-2-17-12-14-15-10-6-7-11-19(15)16(18-14)13-8-4-3-5-9-13/h3-11,17H,2,12H2,1H3. The first kappa shape index (κ1) is 11.9. The van der Waals surface area contributed by atoms with Crippen LogP contribution in [0.4, 0.5) is 0 Å². The molecule has 0 saturated carbocycles. The summed E-state index contributed by atoms with van der Waals surface area (Å²) >= 11 is 0. The van der Waals surface area contributed by atoms with Crippen LogP contribution < -0.4 is 5.32 Å². The van der Waals surface area contributed by atoms with Crippen LogP contribution in [0.3, 0.4) is 0 Å². The summed E-state index contributed by atoms with van der Waals surface area (Å²) in [6.45, 7) is 3.86. The summed E-state index contributed by atoms with van der Waals surface area (Å²) in [5, 5.41) is 3.35. The number of benzene rings is 1. The van der Waals surface area contributed by atoms with Crippen molar-refractivity contribution < 1.29 is 0 Å². The van der Waals surface area contributed by atoms with Gasteiger partial charge in [-0.05, 0) is 18.7 Å². The number of hydrogen-bond acceptors (Lipinski definition) is 2. The molecule has 2 heterocycles. The van der Waals surface area contributed by atoms with E-state index in [1.165, 1.54) is 5.52 Å². The minimum absolute atomic E-state index is 0.802. The van der Waals surface area contributed by atoms with Crippen LogP contribution in [0.5, 0.6) is 0 Å². The van der Waals surface area contributed by atoms with E-state index >= 15 is 0 Å².